The van der Waals surface area contributed by atoms with Gasteiger partial charge in [-0.1, -0.05) is 17.7 Å². The van der Waals surface area contributed by atoms with Crippen LogP contribution in [0.3, 0.4) is 0 Å². The fourth-order valence-electron chi connectivity index (χ4n) is 1.43. The third-order valence-electron chi connectivity index (χ3n) is 2.28. The molecule has 0 aliphatic carbocycles. The maximum absolute atomic E-state index is 11.8. The van der Waals surface area contributed by atoms with Gasteiger partial charge in [0.15, 0.2) is 6.61 Å². The van der Waals surface area contributed by atoms with Crippen LogP contribution in [0.1, 0.15) is 15.2 Å². The Hall–Kier alpha value is -1.32. The lowest BCUT2D eigenvalue weighted by atomic mass is 10.2. The first-order chi connectivity index (χ1) is 8.16. The molecule has 2 rings (SSSR count). The van der Waals surface area contributed by atoms with Crippen LogP contribution in [0.4, 0.5) is 0 Å². The number of aryl methyl sites for hydroxylation is 1. The summed E-state index contributed by atoms with van der Waals surface area (Å²) in [6, 6.07) is 8.95. The standard InChI is InChI=1S/C13H11ClO2S/c1-9-5-6-17-13(9)12(15)8-16-11-4-2-3-10(14)7-11/h2-7H,8H2,1H3. The third-order valence-corrected chi connectivity index (χ3v) is 3.57. The van der Waals surface area contributed by atoms with Crippen LogP contribution in [0.2, 0.25) is 5.02 Å². The van der Waals surface area contributed by atoms with Crippen molar-refractivity contribution in [3.63, 3.8) is 0 Å². The van der Waals surface area contributed by atoms with Crippen LogP contribution < -0.4 is 4.74 Å². The third kappa shape index (κ3) is 3.08. The van der Waals surface area contributed by atoms with Crippen molar-refractivity contribution in [2.75, 3.05) is 6.61 Å². The van der Waals surface area contributed by atoms with E-state index in [2.05, 4.69) is 0 Å². The van der Waals surface area contributed by atoms with Crippen molar-refractivity contribution in [1.29, 1.82) is 0 Å². The highest BCUT2D eigenvalue weighted by Crippen LogP contribution is 2.19. The molecule has 4 heteroatoms. The topological polar surface area (TPSA) is 26.3 Å². The summed E-state index contributed by atoms with van der Waals surface area (Å²) in [5.74, 6) is 0.609. The average Bonchev–Trinajstić information content (AvgIpc) is 2.72. The lowest BCUT2D eigenvalue weighted by Gasteiger charge is -2.05. The number of carbonyl (C=O) groups excluding carboxylic acids is 1. The van der Waals surface area contributed by atoms with E-state index in [0.29, 0.717) is 10.8 Å². The van der Waals surface area contributed by atoms with Crippen LogP contribution in [0.15, 0.2) is 35.7 Å². The Morgan fingerprint density at radius 1 is 1.41 bits per heavy atom. The molecule has 0 saturated carbocycles. The summed E-state index contributed by atoms with van der Waals surface area (Å²) in [5.41, 5.74) is 0.995. The molecule has 0 amide bonds. The molecule has 1 aromatic carbocycles. The van der Waals surface area contributed by atoms with Crippen molar-refractivity contribution >= 4 is 28.7 Å². The Kier molecular flexibility index (Phi) is 3.82. The maximum Gasteiger partial charge on any atom is 0.210 e. The van der Waals surface area contributed by atoms with Gasteiger partial charge in [-0.05, 0) is 42.1 Å². The number of hydrogen-bond acceptors (Lipinski definition) is 3. The minimum absolute atomic E-state index is 0.00234. The predicted molar refractivity (Wildman–Crippen MR) is 70.3 cm³/mol. The van der Waals surface area contributed by atoms with Gasteiger partial charge in [0.05, 0.1) is 4.88 Å². The van der Waals surface area contributed by atoms with Crippen molar-refractivity contribution in [2.45, 2.75) is 6.92 Å². The van der Waals surface area contributed by atoms with Gasteiger partial charge in [-0.25, -0.2) is 0 Å². The molecule has 0 atom stereocenters. The second kappa shape index (κ2) is 5.34. The number of thiophene rings is 1. The van der Waals surface area contributed by atoms with E-state index >= 15 is 0 Å². The van der Waals surface area contributed by atoms with E-state index in [9.17, 15) is 4.79 Å². The number of ketones is 1. The molecule has 0 saturated heterocycles. The Morgan fingerprint density at radius 2 is 2.24 bits per heavy atom. The van der Waals surface area contributed by atoms with E-state index in [1.165, 1.54) is 11.3 Å². The summed E-state index contributed by atoms with van der Waals surface area (Å²) in [4.78, 5) is 12.6. The normalized spacial score (nSPS) is 10.2. The molecule has 2 aromatic rings. The molecule has 0 aliphatic heterocycles. The Morgan fingerprint density at radius 3 is 2.88 bits per heavy atom. The van der Waals surface area contributed by atoms with E-state index < -0.39 is 0 Å². The van der Waals surface area contributed by atoms with Gasteiger partial charge in [0.25, 0.3) is 0 Å². The van der Waals surface area contributed by atoms with Crippen molar-refractivity contribution in [3.8, 4) is 5.75 Å². The Bertz CT molecular complexity index is 534. The van der Waals surface area contributed by atoms with Crippen molar-refractivity contribution < 1.29 is 9.53 Å². The molecule has 0 unspecified atom stereocenters. The molecule has 0 bridgehead atoms. The van der Waals surface area contributed by atoms with Gasteiger partial charge in [-0.15, -0.1) is 11.3 Å². The summed E-state index contributed by atoms with van der Waals surface area (Å²) < 4.78 is 5.40. The maximum atomic E-state index is 11.8. The van der Waals surface area contributed by atoms with E-state index in [1.807, 2.05) is 18.4 Å². The highest BCUT2D eigenvalue weighted by Gasteiger charge is 2.11. The molecule has 0 radical (unpaired) electrons. The van der Waals surface area contributed by atoms with Gasteiger partial charge in [0, 0.05) is 5.02 Å². The number of carbonyl (C=O) groups is 1. The number of ether oxygens (including phenoxy) is 1. The van der Waals surface area contributed by atoms with Crippen molar-refractivity contribution in [1.82, 2.24) is 0 Å². The molecule has 1 aromatic heterocycles. The summed E-state index contributed by atoms with van der Waals surface area (Å²) in [5, 5.41) is 2.50. The lowest BCUT2D eigenvalue weighted by Crippen LogP contribution is -2.11. The van der Waals surface area contributed by atoms with Gasteiger partial charge in [-0.2, -0.15) is 0 Å². The summed E-state index contributed by atoms with van der Waals surface area (Å²) >= 11 is 7.26. The minimum Gasteiger partial charge on any atom is -0.485 e. The summed E-state index contributed by atoms with van der Waals surface area (Å²) in [7, 11) is 0. The van der Waals surface area contributed by atoms with Crippen LogP contribution in [-0.2, 0) is 0 Å². The van der Waals surface area contributed by atoms with Gasteiger partial charge in [0.2, 0.25) is 5.78 Å². The molecule has 17 heavy (non-hydrogen) atoms. The lowest BCUT2D eigenvalue weighted by molar-refractivity contribution is 0.0925. The highest BCUT2D eigenvalue weighted by molar-refractivity contribution is 7.12. The second-order valence-electron chi connectivity index (χ2n) is 3.60. The number of halogens is 1. The number of hydrogen-bond donors (Lipinski definition) is 0. The van der Waals surface area contributed by atoms with Crippen molar-refractivity contribution in [3.05, 3.63) is 51.2 Å². The zero-order valence-electron chi connectivity index (χ0n) is 9.27. The summed E-state index contributed by atoms with van der Waals surface area (Å²) in [6.45, 7) is 1.96. The molecule has 0 spiro atoms. The number of Topliss-reactive ketones (excluding diaryl/α,β-unsaturated/α-hetero) is 1. The van der Waals surface area contributed by atoms with Gasteiger partial charge in [0.1, 0.15) is 5.75 Å². The van der Waals surface area contributed by atoms with E-state index in [1.54, 1.807) is 24.3 Å². The molecule has 0 N–H and O–H groups in total. The second-order valence-corrected chi connectivity index (χ2v) is 4.95. The van der Waals surface area contributed by atoms with Gasteiger partial charge < -0.3 is 4.74 Å². The average molecular weight is 267 g/mol. The number of rotatable bonds is 4. The van der Waals surface area contributed by atoms with Gasteiger partial charge in [-0.3, -0.25) is 4.79 Å². The predicted octanol–water partition coefficient (Wildman–Crippen LogP) is 3.97. The zero-order valence-corrected chi connectivity index (χ0v) is 10.8. The Balaban J connectivity index is 1.99. The smallest absolute Gasteiger partial charge is 0.210 e. The van der Waals surface area contributed by atoms with E-state index in [4.69, 9.17) is 16.3 Å². The first-order valence-electron chi connectivity index (χ1n) is 5.12. The molecule has 88 valence electrons. The minimum atomic E-state index is -0.00234. The monoisotopic (exact) mass is 266 g/mol. The van der Waals surface area contributed by atoms with Crippen molar-refractivity contribution in [2.24, 2.45) is 0 Å². The molecular weight excluding hydrogens is 256 g/mol. The van der Waals surface area contributed by atoms with Crippen LogP contribution in [0.5, 0.6) is 5.75 Å². The Labute approximate surface area is 109 Å². The first-order valence-corrected chi connectivity index (χ1v) is 6.38. The fraction of sp³-hybridized carbons (Fsp3) is 0.154. The first kappa shape index (κ1) is 12.1. The largest absolute Gasteiger partial charge is 0.485 e. The summed E-state index contributed by atoms with van der Waals surface area (Å²) in [6.07, 6.45) is 0. The van der Waals surface area contributed by atoms with E-state index in [0.717, 1.165) is 10.4 Å². The van der Waals surface area contributed by atoms with Crippen LogP contribution in [0.25, 0.3) is 0 Å². The molecule has 1 heterocycles. The fourth-order valence-corrected chi connectivity index (χ4v) is 2.46. The molecule has 0 fully saturated rings. The van der Waals surface area contributed by atoms with Crippen LogP contribution in [-0.4, -0.2) is 12.4 Å². The molecular formula is C13H11ClO2S. The van der Waals surface area contributed by atoms with Crippen LogP contribution >= 0.6 is 22.9 Å². The highest BCUT2D eigenvalue weighted by atomic mass is 35.5. The molecule has 2 nitrogen and oxygen atoms in total. The van der Waals surface area contributed by atoms with Crippen LogP contribution in [0, 0.1) is 6.92 Å². The number of benzene rings is 1. The zero-order chi connectivity index (χ0) is 12.3. The van der Waals surface area contributed by atoms with Gasteiger partial charge >= 0.3 is 0 Å². The SMILES string of the molecule is Cc1ccsc1C(=O)COc1cccc(Cl)c1. The quantitative estimate of drug-likeness (QED) is 0.783. The van der Waals surface area contributed by atoms with E-state index in [-0.39, 0.29) is 12.4 Å². The molecule has 0 aliphatic rings.